The lowest BCUT2D eigenvalue weighted by Gasteiger charge is -2.24. The van der Waals surface area contributed by atoms with E-state index >= 15 is 4.39 Å². The zero-order valence-corrected chi connectivity index (χ0v) is 21.7. The van der Waals surface area contributed by atoms with Gasteiger partial charge in [0.15, 0.2) is 11.6 Å². The third-order valence-electron chi connectivity index (χ3n) is 8.54. The van der Waals surface area contributed by atoms with Crippen molar-refractivity contribution in [2.24, 2.45) is 18.2 Å². The number of hydrogen-bond acceptors (Lipinski definition) is 7. The van der Waals surface area contributed by atoms with Crippen molar-refractivity contribution in [3.8, 4) is 11.1 Å². The van der Waals surface area contributed by atoms with Gasteiger partial charge in [0.2, 0.25) is 5.43 Å². The molecule has 1 aliphatic carbocycles. The third kappa shape index (κ3) is 3.28. The summed E-state index contributed by atoms with van der Waals surface area (Å²) in [6.45, 7) is 1.28. The highest BCUT2D eigenvalue weighted by Crippen LogP contribution is 2.54. The predicted molar refractivity (Wildman–Crippen MR) is 148 cm³/mol. The molecule has 12 heteroatoms. The second-order valence-corrected chi connectivity index (χ2v) is 10.8. The molecule has 1 aliphatic heterocycles. The van der Waals surface area contributed by atoms with Crippen molar-refractivity contribution in [2.75, 3.05) is 30.4 Å². The SMILES string of the molecule is CNc1cc(F)c(F)c2c1[nH]c1ncc(-c3cnc4c(c3)c(=O)c(C(=O)O)cn4C)c(N3CCC4(C[C@@H]4N)C3)c12. The largest absolute Gasteiger partial charge is 0.477 e. The lowest BCUT2D eigenvalue weighted by molar-refractivity contribution is 0.0695. The number of carboxylic acid groups (broad SMARTS) is 1. The number of halogens is 2. The molecule has 0 bridgehead atoms. The second-order valence-electron chi connectivity index (χ2n) is 10.8. The first-order chi connectivity index (χ1) is 19.1. The number of carboxylic acids is 1. The number of benzene rings is 1. The van der Waals surface area contributed by atoms with E-state index < -0.39 is 23.0 Å². The Morgan fingerprint density at radius 1 is 1.25 bits per heavy atom. The zero-order valence-electron chi connectivity index (χ0n) is 21.7. The fourth-order valence-electron chi connectivity index (χ4n) is 6.28. The smallest absolute Gasteiger partial charge is 0.341 e. The number of aromatic nitrogens is 4. The summed E-state index contributed by atoms with van der Waals surface area (Å²) >= 11 is 0. The summed E-state index contributed by atoms with van der Waals surface area (Å²) in [5.41, 5.74) is 8.39. The Morgan fingerprint density at radius 3 is 2.70 bits per heavy atom. The van der Waals surface area contributed by atoms with E-state index in [1.54, 1.807) is 32.6 Å². The molecule has 2 aliphatic rings. The Labute approximate surface area is 225 Å². The van der Waals surface area contributed by atoms with Crippen molar-refractivity contribution >= 4 is 50.3 Å². The quantitative estimate of drug-likeness (QED) is 0.269. The van der Waals surface area contributed by atoms with Crippen molar-refractivity contribution in [3.05, 3.63) is 58.1 Å². The van der Waals surface area contributed by atoms with Gasteiger partial charge in [-0.25, -0.2) is 23.5 Å². The van der Waals surface area contributed by atoms with Gasteiger partial charge in [-0.2, -0.15) is 0 Å². The number of aromatic carboxylic acids is 1. The predicted octanol–water partition coefficient (Wildman–Crippen LogP) is 3.58. The van der Waals surface area contributed by atoms with Crippen molar-refractivity contribution in [3.63, 3.8) is 0 Å². The molecule has 1 unspecified atom stereocenters. The van der Waals surface area contributed by atoms with E-state index in [0.29, 0.717) is 57.8 Å². The van der Waals surface area contributed by atoms with Crippen molar-refractivity contribution in [2.45, 2.75) is 18.9 Å². The van der Waals surface area contributed by atoms with Crippen LogP contribution in [0.25, 0.3) is 44.1 Å². The summed E-state index contributed by atoms with van der Waals surface area (Å²) in [7, 11) is 3.24. The minimum absolute atomic E-state index is 0.0349. The van der Waals surface area contributed by atoms with E-state index in [0.717, 1.165) is 18.9 Å². The van der Waals surface area contributed by atoms with Crippen LogP contribution in [-0.4, -0.2) is 56.8 Å². The Bertz CT molecular complexity index is 1990. The molecule has 0 radical (unpaired) electrons. The molecule has 1 saturated carbocycles. The molecule has 1 aromatic carbocycles. The molecular weight excluding hydrogens is 520 g/mol. The van der Waals surface area contributed by atoms with Crippen LogP contribution in [0.3, 0.4) is 0 Å². The van der Waals surface area contributed by atoms with Crippen LogP contribution in [-0.2, 0) is 7.05 Å². The van der Waals surface area contributed by atoms with Crippen LogP contribution >= 0.6 is 0 Å². The number of H-pyrrole nitrogens is 1. The fraction of sp³-hybridized carbons (Fsp3) is 0.286. The number of anilines is 2. The molecule has 5 aromatic rings. The van der Waals surface area contributed by atoms with E-state index in [1.165, 1.54) is 10.8 Å². The van der Waals surface area contributed by atoms with Gasteiger partial charge >= 0.3 is 5.97 Å². The molecular formula is C28H25F2N7O3. The maximum atomic E-state index is 15.5. The number of nitrogens with one attached hydrogen (secondary N) is 2. The van der Waals surface area contributed by atoms with Crippen molar-refractivity contribution < 1.29 is 18.7 Å². The number of pyridine rings is 3. The molecule has 204 valence electrons. The van der Waals surface area contributed by atoms with Gasteiger partial charge in [0.05, 0.1) is 33.1 Å². The maximum Gasteiger partial charge on any atom is 0.341 e. The molecule has 40 heavy (non-hydrogen) atoms. The lowest BCUT2D eigenvalue weighted by Crippen LogP contribution is -2.24. The van der Waals surface area contributed by atoms with Crippen LogP contribution in [0.4, 0.5) is 20.2 Å². The Balaban J connectivity index is 1.56. The maximum absolute atomic E-state index is 15.5. The van der Waals surface area contributed by atoms with Crippen LogP contribution in [0.5, 0.6) is 0 Å². The first-order valence-electron chi connectivity index (χ1n) is 12.9. The minimum atomic E-state index is -1.34. The average molecular weight is 546 g/mol. The van der Waals surface area contributed by atoms with Crippen LogP contribution < -0.4 is 21.4 Å². The Morgan fingerprint density at radius 2 is 2.02 bits per heavy atom. The van der Waals surface area contributed by atoms with Gasteiger partial charge in [0.1, 0.15) is 16.9 Å². The van der Waals surface area contributed by atoms with Gasteiger partial charge < -0.3 is 30.6 Å². The van der Waals surface area contributed by atoms with Crippen molar-refractivity contribution in [1.29, 1.82) is 0 Å². The number of hydrogen-bond donors (Lipinski definition) is 4. The summed E-state index contributed by atoms with van der Waals surface area (Å²) in [4.78, 5) is 39.1. The van der Waals surface area contributed by atoms with E-state index in [-0.39, 0.29) is 27.8 Å². The van der Waals surface area contributed by atoms with Crippen molar-refractivity contribution in [1.82, 2.24) is 19.5 Å². The van der Waals surface area contributed by atoms with Crippen LogP contribution in [0.15, 0.2) is 35.5 Å². The van der Waals surface area contributed by atoms with E-state index in [4.69, 9.17) is 5.73 Å². The minimum Gasteiger partial charge on any atom is -0.477 e. The molecule has 1 spiro atoms. The molecule has 5 heterocycles. The molecule has 0 amide bonds. The standard InChI is InChI=1S/C28H25F2N7O3/c1-32-17-6-16(29)21(30)19-20-23(37-4-3-28(11-37)7-18(28)31)14(9-33-25(20)35-22(17)19)12-5-13-24(38)15(27(39)40)10-36(2)26(13)34-8-12/h5-6,8-10,18,32H,3-4,7,11,31H2,1-2H3,(H,33,35)(H,39,40)/t18-,28?/m0/s1. The van der Waals surface area contributed by atoms with Crippen LogP contribution in [0, 0.1) is 17.0 Å². The van der Waals surface area contributed by atoms with Crippen LogP contribution in [0.1, 0.15) is 23.2 Å². The van der Waals surface area contributed by atoms with Crippen LogP contribution in [0.2, 0.25) is 0 Å². The molecule has 4 aromatic heterocycles. The first-order valence-corrected chi connectivity index (χ1v) is 12.9. The van der Waals surface area contributed by atoms with Gasteiger partial charge in [0.25, 0.3) is 0 Å². The van der Waals surface area contributed by atoms with Gasteiger partial charge in [-0.05, 0) is 18.9 Å². The topological polar surface area (TPSA) is 142 Å². The first kappa shape index (κ1) is 24.5. The molecule has 2 fully saturated rings. The van der Waals surface area contributed by atoms with Gasteiger partial charge in [-0.3, -0.25) is 4.79 Å². The summed E-state index contributed by atoms with van der Waals surface area (Å²) in [5, 5.41) is 13.1. The zero-order chi connectivity index (χ0) is 28.1. The van der Waals surface area contributed by atoms with E-state index in [2.05, 4.69) is 25.2 Å². The summed E-state index contributed by atoms with van der Waals surface area (Å²) in [6.07, 6.45) is 6.18. The Kier molecular flexibility index (Phi) is 5.02. The summed E-state index contributed by atoms with van der Waals surface area (Å²) in [5.74, 6) is -3.32. The van der Waals surface area contributed by atoms with Gasteiger partial charge in [-0.1, -0.05) is 0 Å². The number of aryl methyl sites for hydroxylation is 1. The summed E-state index contributed by atoms with van der Waals surface area (Å²) in [6, 6.07) is 2.76. The summed E-state index contributed by atoms with van der Waals surface area (Å²) < 4.78 is 31.8. The van der Waals surface area contributed by atoms with Gasteiger partial charge in [-0.15, -0.1) is 0 Å². The molecule has 5 N–H and O–H groups in total. The lowest BCUT2D eigenvalue weighted by atomic mass is 10.0. The van der Waals surface area contributed by atoms with Gasteiger partial charge in [0, 0.05) is 74.4 Å². The normalized spacial score (nSPS) is 20.3. The van der Waals surface area contributed by atoms with E-state index in [1.807, 2.05) is 0 Å². The second kappa shape index (κ2) is 8.21. The highest BCUT2D eigenvalue weighted by molar-refractivity contribution is 6.18. The van der Waals surface area contributed by atoms with E-state index in [9.17, 15) is 19.1 Å². The number of aromatic amines is 1. The number of rotatable bonds is 4. The Hall–Kier alpha value is -4.58. The number of nitrogens with two attached hydrogens (primary N) is 1. The molecule has 7 rings (SSSR count). The molecule has 2 atom stereocenters. The highest BCUT2D eigenvalue weighted by atomic mass is 19.2. The highest BCUT2D eigenvalue weighted by Gasteiger charge is 2.56. The fourth-order valence-corrected chi connectivity index (χ4v) is 6.28. The number of fused-ring (bicyclic) bond motifs is 4. The number of carbonyl (C=O) groups is 1. The third-order valence-corrected chi connectivity index (χ3v) is 8.54. The average Bonchev–Trinajstić information content (AvgIpc) is 3.25. The number of nitrogens with zero attached hydrogens (tertiary/aromatic N) is 4. The monoisotopic (exact) mass is 545 g/mol. The molecule has 1 saturated heterocycles. The molecule has 10 nitrogen and oxygen atoms in total.